The van der Waals surface area contributed by atoms with Gasteiger partial charge in [0.05, 0.1) is 11.4 Å². The summed E-state index contributed by atoms with van der Waals surface area (Å²) in [7, 11) is -2.71. The predicted molar refractivity (Wildman–Crippen MR) is 255 cm³/mol. The molecule has 4 aromatic carbocycles. The first-order chi connectivity index (χ1) is 25.1. The number of para-hydroxylation sites is 4. The molecule has 0 aliphatic carbocycles. The minimum Gasteiger partial charge on any atom is -0.314 e. The van der Waals surface area contributed by atoms with Gasteiger partial charge in [-0.05, 0) is 155 Å². The third-order valence-electron chi connectivity index (χ3n) is 9.40. The quantitative estimate of drug-likeness (QED) is 0.158. The number of nitrogens with zero attached hydrogens (tertiary/aromatic N) is 2. The van der Waals surface area contributed by atoms with E-state index in [1.54, 1.807) is 0 Å². The molecule has 0 unspecified atom stereocenters. The van der Waals surface area contributed by atoms with Crippen LogP contribution < -0.4 is 10.6 Å². The van der Waals surface area contributed by atoms with E-state index in [4.69, 9.17) is 9.98 Å². The number of amidine groups is 2. The van der Waals surface area contributed by atoms with Gasteiger partial charge in [0.25, 0.3) is 0 Å². The molecule has 0 radical (unpaired) electrons. The average Bonchev–Trinajstić information content (AvgIpc) is 3.22. The Hall–Kier alpha value is -3.19. The lowest BCUT2D eigenvalue weighted by Crippen LogP contribution is -2.41. The number of anilines is 2. The summed E-state index contributed by atoms with van der Waals surface area (Å²) in [5.41, 5.74) is 12.9. The van der Waals surface area contributed by atoms with Crippen LogP contribution in [0.1, 0.15) is 105 Å². The normalized spacial score (nSPS) is 15.4. The van der Waals surface area contributed by atoms with Gasteiger partial charge in [-0.25, -0.2) is 9.98 Å². The molecule has 54 heavy (non-hydrogen) atoms. The van der Waals surface area contributed by atoms with Gasteiger partial charge in [0.2, 0.25) is 11.2 Å². The Morgan fingerprint density at radius 1 is 0.407 bits per heavy atom. The first kappa shape index (κ1) is 42.0. The van der Waals surface area contributed by atoms with E-state index >= 15 is 0 Å². The molecule has 2 aliphatic heterocycles. The van der Waals surface area contributed by atoms with Crippen LogP contribution in [0.3, 0.4) is 0 Å². The molecule has 2 aliphatic rings. The second-order valence-corrected chi connectivity index (χ2v) is 25.6. The van der Waals surface area contributed by atoms with Gasteiger partial charge >= 0.3 is 0 Å². The molecule has 8 heteroatoms. The van der Waals surface area contributed by atoms with E-state index < -0.39 is 14.3 Å². The number of hydrogen-bond donors (Lipinski definition) is 2. The Morgan fingerprint density at radius 2 is 0.667 bits per heavy atom. The Labute approximate surface area is 331 Å². The van der Waals surface area contributed by atoms with Crippen molar-refractivity contribution in [3.05, 3.63) is 119 Å². The van der Waals surface area contributed by atoms with Crippen LogP contribution in [0.4, 0.5) is 22.7 Å². The maximum atomic E-state index is 5.38. The third kappa shape index (κ3) is 8.46. The number of hydrogen-bond acceptors (Lipinski definition) is 4. The van der Waals surface area contributed by atoms with E-state index in [1.165, 1.54) is 44.8 Å². The second kappa shape index (κ2) is 15.7. The molecule has 0 bridgehead atoms. The monoisotopic (exact) mass is 761 g/mol. The van der Waals surface area contributed by atoms with Crippen molar-refractivity contribution in [2.45, 2.75) is 129 Å². The number of aliphatic imine (C=N–C) groups is 2. The number of rotatable bonds is 2. The van der Waals surface area contributed by atoms with Crippen molar-refractivity contribution in [1.29, 1.82) is 0 Å². The molecule has 288 valence electrons. The van der Waals surface area contributed by atoms with Crippen LogP contribution in [0.5, 0.6) is 0 Å². The molecule has 0 amide bonds. The summed E-state index contributed by atoms with van der Waals surface area (Å²) in [6.07, 6.45) is 4.18. The van der Waals surface area contributed by atoms with Crippen molar-refractivity contribution in [3.8, 4) is 0 Å². The van der Waals surface area contributed by atoms with Crippen LogP contribution in [-0.2, 0) is 25.7 Å². The van der Waals surface area contributed by atoms with Crippen molar-refractivity contribution in [1.82, 2.24) is 0 Å². The fraction of sp³-hybridized carbons (Fsp3) is 0.435. The van der Waals surface area contributed by atoms with Crippen LogP contribution in [0.2, 0.25) is 0 Å². The largest absolute Gasteiger partial charge is 0.314 e. The molecule has 4 nitrogen and oxygen atoms in total. The molecule has 0 aromatic heterocycles. The molecule has 0 spiro atoms. The standard InChI is InChI=1S/2C23H34BN2P/c2*1-22(2,3)27(24,23(4,5)6)21-25-19-13-9-7-11-17(19)15-16-18-12-8-10-14-20(18)26-21/h2*7-14H,15-16H2,1-6,24H3,(H,25,26). The highest BCUT2D eigenvalue weighted by Crippen LogP contribution is 2.75. The van der Waals surface area contributed by atoms with E-state index in [2.05, 4.69) is 191 Å². The molecule has 2 heterocycles. The maximum Gasteiger partial charge on any atom is 0.210 e. The van der Waals surface area contributed by atoms with Gasteiger partial charge in [-0.1, -0.05) is 87.1 Å². The van der Waals surface area contributed by atoms with Crippen LogP contribution in [-0.4, -0.2) is 46.9 Å². The first-order valence-electron chi connectivity index (χ1n) is 19.0. The van der Waals surface area contributed by atoms with E-state index in [0.717, 1.165) is 37.1 Å². The van der Waals surface area contributed by atoms with Gasteiger partial charge in [0.1, 0.15) is 15.1 Å². The number of fused-ring (bicyclic) bond motifs is 4. The molecular formula is C46H68B2N4P2. The summed E-state index contributed by atoms with van der Waals surface area (Å²) in [6.45, 7) is 29.3. The molecule has 0 saturated heterocycles. The van der Waals surface area contributed by atoms with Crippen molar-refractivity contribution in [3.63, 3.8) is 0 Å². The fourth-order valence-electron chi connectivity index (χ4n) is 7.94. The number of benzene rings is 4. The topological polar surface area (TPSA) is 48.8 Å². The fourth-order valence-corrected chi connectivity index (χ4v) is 15.4. The molecule has 4 aromatic rings. The van der Waals surface area contributed by atoms with Crippen molar-refractivity contribution < 1.29 is 0 Å². The highest BCUT2D eigenvalue weighted by atomic mass is 31.2. The Kier molecular flexibility index (Phi) is 12.2. The Balaban J connectivity index is 0.000000208. The summed E-state index contributed by atoms with van der Waals surface area (Å²) in [6, 6.07) is 35.0. The minimum absolute atomic E-state index is 0.0460. The zero-order chi connectivity index (χ0) is 39.7. The lowest BCUT2D eigenvalue weighted by molar-refractivity contribution is 0.710. The molecule has 0 fully saturated rings. The summed E-state index contributed by atoms with van der Waals surface area (Å²) < 4.78 is 0. The number of nitrogens with one attached hydrogen (secondary N) is 2. The Morgan fingerprint density at radius 3 is 0.981 bits per heavy atom. The summed E-state index contributed by atoms with van der Waals surface area (Å²) in [5, 5.41) is 8.83. The second-order valence-electron chi connectivity index (χ2n) is 18.0. The molecule has 0 atom stereocenters. The van der Waals surface area contributed by atoms with Gasteiger partial charge < -0.3 is 10.6 Å². The maximum absolute atomic E-state index is 5.38. The first-order valence-corrected chi connectivity index (χ1v) is 21.6. The Bertz CT molecular complexity index is 1840. The molecular weight excluding hydrogens is 692 g/mol. The third-order valence-corrected chi connectivity index (χ3v) is 16.0. The highest BCUT2D eigenvalue weighted by molar-refractivity contribution is 8.12. The van der Waals surface area contributed by atoms with Crippen LogP contribution in [0.15, 0.2) is 107 Å². The van der Waals surface area contributed by atoms with Crippen molar-refractivity contribution >= 4 is 63.3 Å². The van der Waals surface area contributed by atoms with Gasteiger partial charge in [-0.2, -0.15) is 0 Å². The number of aryl methyl sites for hydroxylation is 4. The summed E-state index contributed by atoms with van der Waals surface area (Å²) in [4.78, 5) is 10.8. The van der Waals surface area contributed by atoms with Crippen molar-refractivity contribution in [2.24, 2.45) is 9.98 Å². The van der Waals surface area contributed by atoms with Gasteiger partial charge in [0, 0.05) is 32.0 Å². The van der Waals surface area contributed by atoms with E-state index in [-0.39, 0.29) is 35.8 Å². The summed E-state index contributed by atoms with van der Waals surface area (Å²) in [5.74, 6) is 0. The predicted octanol–water partition coefficient (Wildman–Crippen LogP) is 11.6. The highest BCUT2D eigenvalue weighted by Gasteiger charge is 2.53. The molecule has 0 saturated carbocycles. The summed E-state index contributed by atoms with van der Waals surface area (Å²) >= 11 is 0. The van der Waals surface area contributed by atoms with E-state index in [1.807, 2.05) is 0 Å². The van der Waals surface area contributed by atoms with E-state index in [9.17, 15) is 0 Å². The minimum atomic E-state index is -1.40. The van der Waals surface area contributed by atoms with E-state index in [0.29, 0.717) is 0 Å². The SMILES string of the molecule is [BH3-][P+](C1=Nc2ccccc2CCc2ccccc2N1)(C(C)(C)C)C(C)(C)C.[BH3-][P+](C1=Nc2ccccc2CCc2ccccc2N1)(C(C)(C)C)C(C)(C)C. The van der Waals surface area contributed by atoms with Crippen molar-refractivity contribution in [2.75, 3.05) is 10.6 Å². The smallest absolute Gasteiger partial charge is 0.210 e. The van der Waals surface area contributed by atoms with Crippen LogP contribution in [0, 0.1) is 0 Å². The lowest BCUT2D eigenvalue weighted by Gasteiger charge is -2.50. The van der Waals surface area contributed by atoms with Crippen LogP contribution >= 0.6 is 14.3 Å². The average molecular weight is 761 g/mol. The van der Waals surface area contributed by atoms with Gasteiger partial charge in [-0.3, -0.25) is 0 Å². The molecule has 6 rings (SSSR count). The lowest BCUT2D eigenvalue weighted by atomic mass is 10.0. The zero-order valence-corrected chi connectivity index (χ0v) is 35.6. The zero-order valence-electron chi connectivity index (χ0n) is 33.9. The van der Waals surface area contributed by atoms with Gasteiger partial charge in [-0.15, -0.1) is 0 Å². The van der Waals surface area contributed by atoms with Crippen LogP contribution in [0.25, 0.3) is 0 Å². The molecule has 2 N–H and O–H groups in total. The van der Waals surface area contributed by atoms with Gasteiger partial charge in [0.15, 0.2) is 0 Å².